The molecule has 1 atom stereocenters. The Morgan fingerprint density at radius 3 is 2.33 bits per heavy atom. The van der Waals surface area contributed by atoms with Crippen LogP contribution in [-0.2, 0) is 4.79 Å². The predicted octanol–water partition coefficient (Wildman–Crippen LogP) is -1.44. The minimum atomic E-state index is -1.52. The summed E-state index contributed by atoms with van der Waals surface area (Å²) in [4.78, 5) is 10.5. The van der Waals surface area contributed by atoms with Gasteiger partial charge in [0.2, 0.25) is 0 Å². The van der Waals surface area contributed by atoms with Crippen LogP contribution in [0.2, 0.25) is 6.32 Å². The highest BCUT2D eigenvalue weighted by Gasteiger charge is 2.33. The number of hydrogen-bond acceptors (Lipinski definition) is 5. The fourth-order valence-corrected chi connectivity index (χ4v) is 0.934. The molecule has 5 N–H and O–H groups in total. The molecule has 0 heterocycles. The predicted molar refractivity (Wildman–Crippen MR) is 48.0 cm³/mol. The van der Waals surface area contributed by atoms with Crippen molar-refractivity contribution >= 4 is 25.7 Å². The van der Waals surface area contributed by atoms with Gasteiger partial charge in [-0.2, -0.15) is 12.6 Å². The summed E-state index contributed by atoms with van der Waals surface area (Å²) in [5, 5.41) is 25.6. The van der Waals surface area contributed by atoms with Gasteiger partial charge in [-0.3, -0.25) is 4.79 Å². The van der Waals surface area contributed by atoms with Crippen LogP contribution in [0.25, 0.3) is 0 Å². The van der Waals surface area contributed by atoms with Gasteiger partial charge in [-0.25, -0.2) is 0 Å². The van der Waals surface area contributed by atoms with E-state index in [0.717, 1.165) is 0 Å². The molecule has 5 nitrogen and oxygen atoms in total. The van der Waals surface area contributed by atoms with Crippen molar-refractivity contribution in [2.45, 2.75) is 18.3 Å². The Labute approximate surface area is 76.1 Å². The van der Waals surface area contributed by atoms with Gasteiger partial charge in [-0.05, 0) is 12.7 Å². The highest BCUT2D eigenvalue weighted by molar-refractivity contribution is 7.80. The van der Waals surface area contributed by atoms with Gasteiger partial charge in [0.05, 0.1) is 0 Å². The molecule has 0 aromatic rings. The van der Waals surface area contributed by atoms with Gasteiger partial charge in [0.25, 0.3) is 0 Å². The molecule has 0 aromatic heterocycles. The van der Waals surface area contributed by atoms with Gasteiger partial charge >= 0.3 is 13.1 Å². The molecule has 0 amide bonds. The van der Waals surface area contributed by atoms with Crippen molar-refractivity contribution in [1.29, 1.82) is 0 Å². The van der Waals surface area contributed by atoms with E-state index in [1.165, 1.54) is 0 Å². The number of rotatable bonds is 5. The van der Waals surface area contributed by atoms with Crippen LogP contribution in [0.3, 0.4) is 0 Å². The van der Waals surface area contributed by atoms with Crippen molar-refractivity contribution in [2.24, 2.45) is 5.73 Å². The lowest BCUT2D eigenvalue weighted by atomic mass is 9.79. The zero-order valence-electron chi connectivity index (χ0n) is 6.47. The lowest BCUT2D eigenvalue weighted by molar-refractivity contribution is -0.142. The average Bonchev–Trinajstić information content (AvgIpc) is 1.99. The molecule has 12 heavy (non-hydrogen) atoms. The van der Waals surface area contributed by atoms with Gasteiger partial charge in [0.15, 0.2) is 0 Å². The van der Waals surface area contributed by atoms with Gasteiger partial charge in [-0.15, -0.1) is 0 Å². The molecule has 7 heteroatoms. The Morgan fingerprint density at radius 2 is 2.08 bits per heavy atom. The standard InChI is InChI=1S/C5H12BNO4S/c7-5(3-12,4(8)9)1-2-6(10)11/h10-12H,1-3,7H2,(H,8,9)/t5-/m0/s1. The second-order valence-electron chi connectivity index (χ2n) is 2.64. The summed E-state index contributed by atoms with van der Waals surface area (Å²) in [5.41, 5.74) is 3.92. The van der Waals surface area contributed by atoms with Gasteiger partial charge in [0, 0.05) is 5.75 Å². The molecule has 0 spiro atoms. The molecular weight excluding hydrogens is 181 g/mol. The maximum absolute atomic E-state index is 10.5. The molecular formula is C5H12BNO4S. The molecule has 0 aromatic carbocycles. The van der Waals surface area contributed by atoms with E-state index in [1.807, 2.05) is 0 Å². The van der Waals surface area contributed by atoms with Gasteiger partial charge in [0.1, 0.15) is 5.54 Å². The third-order valence-corrected chi connectivity index (χ3v) is 2.12. The highest BCUT2D eigenvalue weighted by Crippen LogP contribution is 2.12. The van der Waals surface area contributed by atoms with E-state index in [-0.39, 0.29) is 18.5 Å². The first-order valence-corrected chi connectivity index (χ1v) is 4.05. The molecule has 0 radical (unpaired) electrons. The third-order valence-electron chi connectivity index (χ3n) is 1.56. The lowest BCUT2D eigenvalue weighted by Gasteiger charge is -2.21. The van der Waals surface area contributed by atoms with Crippen molar-refractivity contribution in [3.05, 3.63) is 0 Å². The Hall–Kier alpha value is -0.235. The van der Waals surface area contributed by atoms with Crippen LogP contribution in [0.5, 0.6) is 0 Å². The van der Waals surface area contributed by atoms with E-state index in [2.05, 4.69) is 12.6 Å². The maximum Gasteiger partial charge on any atom is 0.451 e. The van der Waals surface area contributed by atoms with Crippen LogP contribution in [0, 0.1) is 0 Å². The topological polar surface area (TPSA) is 104 Å². The Bertz CT molecular complexity index is 168. The number of carbonyl (C=O) groups is 1. The SMILES string of the molecule is N[C@](CS)(CCB(O)O)C(=O)O. The molecule has 0 bridgehead atoms. The molecule has 0 rings (SSSR count). The van der Waals surface area contributed by atoms with E-state index in [9.17, 15) is 4.79 Å². The lowest BCUT2D eigenvalue weighted by Crippen LogP contribution is -2.50. The summed E-state index contributed by atoms with van der Waals surface area (Å²) in [6.45, 7) is 0. The summed E-state index contributed by atoms with van der Waals surface area (Å²) in [6, 6.07) is 0. The number of carboxylic acids is 1. The van der Waals surface area contributed by atoms with Crippen LogP contribution in [0.4, 0.5) is 0 Å². The summed E-state index contributed by atoms with van der Waals surface area (Å²) in [6.07, 6.45) is -0.0765. The van der Waals surface area contributed by atoms with Crippen molar-refractivity contribution in [1.82, 2.24) is 0 Å². The van der Waals surface area contributed by atoms with Gasteiger partial charge < -0.3 is 20.9 Å². The third kappa shape index (κ3) is 3.44. The molecule has 0 aliphatic heterocycles. The number of nitrogens with two attached hydrogens (primary N) is 1. The fraction of sp³-hybridized carbons (Fsp3) is 0.800. The zero-order chi connectivity index (χ0) is 9.78. The number of aliphatic carboxylic acids is 1. The smallest absolute Gasteiger partial charge is 0.451 e. The maximum atomic E-state index is 10.5. The van der Waals surface area contributed by atoms with Crippen LogP contribution >= 0.6 is 12.6 Å². The first-order chi connectivity index (χ1) is 5.42. The second kappa shape index (κ2) is 4.71. The summed E-state index contributed by atoms with van der Waals surface area (Å²) < 4.78 is 0. The van der Waals surface area contributed by atoms with Gasteiger partial charge in [-0.1, -0.05) is 0 Å². The van der Waals surface area contributed by atoms with Crippen molar-refractivity contribution in [2.75, 3.05) is 5.75 Å². The normalized spacial score (nSPS) is 15.3. The fourth-order valence-electron chi connectivity index (χ4n) is 0.640. The summed E-state index contributed by atoms with van der Waals surface area (Å²) in [7, 11) is -1.52. The molecule has 0 unspecified atom stereocenters. The number of thiol groups is 1. The van der Waals surface area contributed by atoms with Crippen molar-refractivity contribution < 1.29 is 19.9 Å². The van der Waals surface area contributed by atoms with Crippen molar-refractivity contribution in [3.8, 4) is 0 Å². The second-order valence-corrected chi connectivity index (χ2v) is 2.95. The Morgan fingerprint density at radius 1 is 1.58 bits per heavy atom. The molecule has 0 saturated heterocycles. The molecule has 0 aliphatic carbocycles. The quantitative estimate of drug-likeness (QED) is 0.272. The molecule has 0 saturated carbocycles. The summed E-state index contributed by atoms with van der Waals surface area (Å²) in [5.74, 6) is -1.21. The largest absolute Gasteiger partial charge is 0.480 e. The van der Waals surface area contributed by atoms with E-state index >= 15 is 0 Å². The van der Waals surface area contributed by atoms with Crippen LogP contribution < -0.4 is 5.73 Å². The first-order valence-electron chi connectivity index (χ1n) is 3.41. The van der Waals surface area contributed by atoms with Crippen LogP contribution in [-0.4, -0.2) is 39.5 Å². The minimum Gasteiger partial charge on any atom is -0.480 e. The minimum absolute atomic E-state index is 0.0104. The van der Waals surface area contributed by atoms with Crippen LogP contribution in [0.1, 0.15) is 6.42 Å². The molecule has 70 valence electrons. The number of carboxylic acid groups (broad SMARTS) is 1. The zero-order valence-corrected chi connectivity index (χ0v) is 7.37. The average molecular weight is 193 g/mol. The van der Waals surface area contributed by atoms with Crippen LogP contribution in [0.15, 0.2) is 0 Å². The summed E-state index contributed by atoms with van der Waals surface area (Å²) >= 11 is 3.77. The first kappa shape index (κ1) is 11.8. The van der Waals surface area contributed by atoms with E-state index < -0.39 is 18.6 Å². The van der Waals surface area contributed by atoms with Crippen molar-refractivity contribution in [3.63, 3.8) is 0 Å². The monoisotopic (exact) mass is 193 g/mol. The molecule has 0 aliphatic rings. The highest BCUT2D eigenvalue weighted by atomic mass is 32.1. The Kier molecular flexibility index (Phi) is 4.62. The van der Waals surface area contributed by atoms with E-state index in [1.54, 1.807) is 0 Å². The molecule has 0 fully saturated rings. The van der Waals surface area contributed by atoms with E-state index in [0.29, 0.717) is 0 Å². The Balaban J connectivity index is 4.06. The van der Waals surface area contributed by atoms with E-state index in [4.69, 9.17) is 20.9 Å². The number of hydrogen-bond donors (Lipinski definition) is 5.